The Labute approximate surface area is 181 Å². The van der Waals surface area contributed by atoms with E-state index in [1.807, 2.05) is 24.3 Å². The lowest BCUT2D eigenvalue weighted by molar-refractivity contribution is 0.171. The van der Waals surface area contributed by atoms with Gasteiger partial charge >= 0.3 is 0 Å². The molecule has 1 fully saturated rings. The summed E-state index contributed by atoms with van der Waals surface area (Å²) in [5.74, 6) is 1.68. The maximum Gasteiger partial charge on any atom is 0.252 e. The molecule has 7 nitrogen and oxygen atoms in total. The van der Waals surface area contributed by atoms with Crippen LogP contribution in [0.3, 0.4) is 0 Å². The van der Waals surface area contributed by atoms with Crippen molar-refractivity contribution in [3.05, 3.63) is 64.6 Å². The molecule has 0 aliphatic carbocycles. The monoisotopic (exact) mass is 420 g/mol. The number of benzene rings is 1. The maximum atomic E-state index is 12.3. The van der Waals surface area contributed by atoms with Crippen LogP contribution in [0, 0.1) is 0 Å². The van der Waals surface area contributed by atoms with E-state index in [9.17, 15) is 4.79 Å². The molecule has 2 aliphatic heterocycles. The summed E-state index contributed by atoms with van der Waals surface area (Å²) in [5.41, 5.74) is 2.00. The first-order valence-electron chi connectivity index (χ1n) is 11.0. The molecule has 4 heterocycles. The summed E-state index contributed by atoms with van der Waals surface area (Å²) >= 11 is 0. The molecule has 2 aromatic heterocycles. The van der Waals surface area contributed by atoms with Crippen molar-refractivity contribution in [2.45, 2.75) is 32.0 Å². The molecular formula is C24H28N4O3. The van der Waals surface area contributed by atoms with Crippen molar-refractivity contribution < 1.29 is 9.47 Å². The van der Waals surface area contributed by atoms with Gasteiger partial charge in [0.2, 0.25) is 0 Å². The van der Waals surface area contributed by atoms with Crippen molar-refractivity contribution in [3.63, 3.8) is 0 Å². The molecular weight excluding hydrogens is 392 g/mol. The van der Waals surface area contributed by atoms with Crippen LogP contribution >= 0.6 is 0 Å². The van der Waals surface area contributed by atoms with Gasteiger partial charge in [-0.25, -0.2) is 4.98 Å². The predicted octanol–water partition coefficient (Wildman–Crippen LogP) is 2.42. The second-order valence-electron chi connectivity index (χ2n) is 8.21. The zero-order valence-corrected chi connectivity index (χ0v) is 17.6. The van der Waals surface area contributed by atoms with Gasteiger partial charge in [0.25, 0.3) is 5.56 Å². The van der Waals surface area contributed by atoms with Gasteiger partial charge in [0.05, 0.1) is 0 Å². The molecule has 1 N–H and O–H groups in total. The predicted molar refractivity (Wildman–Crippen MR) is 120 cm³/mol. The fraction of sp³-hybridized carbons (Fsp3) is 0.417. The molecule has 7 heteroatoms. The lowest BCUT2D eigenvalue weighted by Gasteiger charge is -2.32. The number of ether oxygens (including phenoxy) is 2. The number of nitrogens with zero attached hydrogens (tertiary/aromatic N) is 3. The standard InChI is InChI=1S/C24H28N4O3/c29-23-6-4-19-2-1-9-25-24(19)28(23)13-12-27-10-7-20(8-11-27)26-17-18-3-5-21-22(16-18)31-15-14-30-21/h1-6,9,16,20,26H,7-8,10-15,17H2. The summed E-state index contributed by atoms with van der Waals surface area (Å²) in [6, 6.07) is 14.1. The number of hydrogen-bond acceptors (Lipinski definition) is 6. The van der Waals surface area contributed by atoms with Gasteiger partial charge in [0.1, 0.15) is 18.9 Å². The quantitative estimate of drug-likeness (QED) is 0.661. The summed E-state index contributed by atoms with van der Waals surface area (Å²) in [4.78, 5) is 19.2. The molecule has 2 aliphatic rings. The van der Waals surface area contributed by atoms with Crippen LogP contribution in [0.1, 0.15) is 18.4 Å². The number of likely N-dealkylation sites (tertiary alicyclic amines) is 1. The molecule has 0 saturated carbocycles. The van der Waals surface area contributed by atoms with E-state index in [1.54, 1.807) is 16.8 Å². The maximum absolute atomic E-state index is 12.3. The second-order valence-corrected chi connectivity index (χ2v) is 8.21. The second kappa shape index (κ2) is 9.08. The van der Waals surface area contributed by atoms with E-state index >= 15 is 0 Å². The highest BCUT2D eigenvalue weighted by Gasteiger charge is 2.19. The molecule has 0 spiro atoms. The summed E-state index contributed by atoms with van der Waals surface area (Å²) in [6.45, 7) is 5.67. The van der Waals surface area contributed by atoms with E-state index in [0.717, 1.165) is 61.6 Å². The Kier molecular flexibility index (Phi) is 5.86. The lowest BCUT2D eigenvalue weighted by atomic mass is 10.0. The molecule has 0 bridgehead atoms. The molecule has 3 aromatic rings. The van der Waals surface area contributed by atoms with E-state index in [0.29, 0.717) is 25.8 Å². The minimum absolute atomic E-state index is 0.0159. The van der Waals surface area contributed by atoms with Crippen molar-refractivity contribution in [3.8, 4) is 11.5 Å². The summed E-state index contributed by atoms with van der Waals surface area (Å²) < 4.78 is 13.1. The summed E-state index contributed by atoms with van der Waals surface area (Å²) in [7, 11) is 0. The molecule has 0 atom stereocenters. The number of rotatable bonds is 6. The van der Waals surface area contributed by atoms with E-state index in [4.69, 9.17) is 9.47 Å². The Morgan fingerprint density at radius 1 is 1.00 bits per heavy atom. The van der Waals surface area contributed by atoms with E-state index < -0.39 is 0 Å². The Hall–Kier alpha value is -2.90. The highest BCUT2D eigenvalue weighted by molar-refractivity contribution is 5.74. The molecule has 0 unspecified atom stereocenters. The normalized spacial score (nSPS) is 17.2. The Balaban J connectivity index is 1.11. The van der Waals surface area contributed by atoms with Crippen LogP contribution in [0.5, 0.6) is 11.5 Å². The van der Waals surface area contributed by atoms with Gasteiger partial charge in [-0.15, -0.1) is 0 Å². The third kappa shape index (κ3) is 4.57. The molecule has 162 valence electrons. The largest absolute Gasteiger partial charge is 0.486 e. The lowest BCUT2D eigenvalue weighted by Crippen LogP contribution is -2.43. The summed E-state index contributed by atoms with van der Waals surface area (Å²) in [5, 5.41) is 4.69. The SMILES string of the molecule is O=c1ccc2cccnc2n1CCN1CCC(NCc2ccc3c(c2)OCCO3)CC1. The first-order valence-corrected chi connectivity index (χ1v) is 11.0. The number of aromatic nitrogens is 2. The minimum Gasteiger partial charge on any atom is -0.486 e. The van der Waals surface area contributed by atoms with Crippen LogP contribution in [0.25, 0.3) is 11.0 Å². The number of pyridine rings is 2. The summed E-state index contributed by atoms with van der Waals surface area (Å²) in [6.07, 6.45) is 3.96. The van der Waals surface area contributed by atoms with Gasteiger partial charge in [0, 0.05) is 43.3 Å². The Morgan fingerprint density at radius 3 is 2.71 bits per heavy atom. The van der Waals surface area contributed by atoms with E-state index in [2.05, 4.69) is 27.3 Å². The van der Waals surface area contributed by atoms with Gasteiger partial charge in [-0.3, -0.25) is 9.36 Å². The average molecular weight is 421 g/mol. The zero-order chi connectivity index (χ0) is 21.0. The molecule has 1 aromatic carbocycles. The van der Waals surface area contributed by atoms with Crippen molar-refractivity contribution in [2.75, 3.05) is 32.8 Å². The molecule has 31 heavy (non-hydrogen) atoms. The number of fused-ring (bicyclic) bond motifs is 2. The van der Waals surface area contributed by atoms with Crippen molar-refractivity contribution in [1.29, 1.82) is 0 Å². The topological polar surface area (TPSA) is 68.6 Å². The number of hydrogen-bond donors (Lipinski definition) is 1. The molecule has 5 rings (SSSR count). The van der Waals surface area contributed by atoms with Crippen LogP contribution in [0.4, 0.5) is 0 Å². The minimum atomic E-state index is 0.0159. The molecule has 0 radical (unpaired) electrons. The highest BCUT2D eigenvalue weighted by atomic mass is 16.6. The number of nitrogens with one attached hydrogen (secondary N) is 1. The van der Waals surface area contributed by atoms with Crippen molar-refractivity contribution in [1.82, 2.24) is 19.8 Å². The van der Waals surface area contributed by atoms with Crippen LogP contribution in [-0.4, -0.2) is 53.3 Å². The highest BCUT2D eigenvalue weighted by Crippen LogP contribution is 2.30. The first-order chi connectivity index (χ1) is 15.3. The molecule has 0 amide bonds. The van der Waals surface area contributed by atoms with E-state index in [1.165, 1.54) is 5.56 Å². The van der Waals surface area contributed by atoms with Gasteiger partial charge in [-0.2, -0.15) is 0 Å². The van der Waals surface area contributed by atoms with Crippen molar-refractivity contribution in [2.24, 2.45) is 0 Å². The number of piperidine rings is 1. The van der Waals surface area contributed by atoms with Crippen LogP contribution in [-0.2, 0) is 13.1 Å². The van der Waals surface area contributed by atoms with Gasteiger partial charge in [-0.1, -0.05) is 6.07 Å². The van der Waals surface area contributed by atoms with Crippen LogP contribution in [0.15, 0.2) is 53.5 Å². The van der Waals surface area contributed by atoms with E-state index in [-0.39, 0.29) is 5.56 Å². The third-order valence-corrected chi connectivity index (χ3v) is 6.17. The third-order valence-electron chi connectivity index (χ3n) is 6.17. The zero-order valence-electron chi connectivity index (χ0n) is 17.6. The van der Waals surface area contributed by atoms with Gasteiger partial charge < -0.3 is 19.7 Å². The smallest absolute Gasteiger partial charge is 0.252 e. The van der Waals surface area contributed by atoms with Crippen molar-refractivity contribution >= 4 is 11.0 Å². The Bertz CT molecular complexity index is 1110. The first kappa shape index (κ1) is 20.0. The molecule has 1 saturated heterocycles. The fourth-order valence-electron chi connectivity index (χ4n) is 4.40. The Morgan fingerprint density at radius 2 is 1.84 bits per heavy atom. The van der Waals surface area contributed by atoms with Gasteiger partial charge in [-0.05, 0) is 61.8 Å². The average Bonchev–Trinajstić information content (AvgIpc) is 2.82. The van der Waals surface area contributed by atoms with Crippen LogP contribution in [0.2, 0.25) is 0 Å². The van der Waals surface area contributed by atoms with Crippen LogP contribution < -0.4 is 20.3 Å². The van der Waals surface area contributed by atoms with Gasteiger partial charge in [0.15, 0.2) is 11.5 Å². The fourth-order valence-corrected chi connectivity index (χ4v) is 4.40.